The summed E-state index contributed by atoms with van der Waals surface area (Å²) in [4.78, 5) is 14.6. The standard InChI is InChI=1S/C18H29N3O/c1-11-8-14-13(3)10-17(4,5)21(15(14)9-12(11)2)18(6,7)16(22)20-19/h8-9,13H,10,19H2,1-7H3,(H,20,22). The molecule has 0 saturated heterocycles. The van der Waals surface area contributed by atoms with Crippen molar-refractivity contribution in [3.8, 4) is 0 Å². The summed E-state index contributed by atoms with van der Waals surface area (Å²) in [6.07, 6.45) is 1.00. The number of carbonyl (C=O) groups excluding carboxylic acids is 1. The van der Waals surface area contributed by atoms with E-state index >= 15 is 0 Å². The van der Waals surface area contributed by atoms with Crippen LogP contribution in [0.25, 0.3) is 0 Å². The minimum Gasteiger partial charge on any atom is -0.352 e. The van der Waals surface area contributed by atoms with Crippen LogP contribution in [0, 0.1) is 13.8 Å². The average Bonchev–Trinajstić information content (AvgIpc) is 2.39. The molecule has 4 heteroatoms. The molecule has 1 aliphatic rings. The van der Waals surface area contributed by atoms with E-state index in [4.69, 9.17) is 5.84 Å². The van der Waals surface area contributed by atoms with Crippen molar-refractivity contribution in [2.75, 3.05) is 4.90 Å². The first kappa shape index (κ1) is 16.8. The summed E-state index contributed by atoms with van der Waals surface area (Å²) in [5.74, 6) is 5.73. The second kappa shape index (κ2) is 5.27. The number of hydrogen-bond donors (Lipinski definition) is 2. The lowest BCUT2D eigenvalue weighted by Crippen LogP contribution is -2.65. The fraction of sp³-hybridized carbons (Fsp3) is 0.611. The molecule has 3 N–H and O–H groups in total. The summed E-state index contributed by atoms with van der Waals surface area (Å²) < 4.78 is 0. The average molecular weight is 303 g/mol. The number of fused-ring (bicyclic) bond motifs is 1. The maximum Gasteiger partial charge on any atom is 0.259 e. The van der Waals surface area contributed by atoms with Gasteiger partial charge in [-0.25, -0.2) is 5.84 Å². The predicted octanol–water partition coefficient (Wildman–Crippen LogP) is 3.16. The molecule has 22 heavy (non-hydrogen) atoms. The summed E-state index contributed by atoms with van der Waals surface area (Å²) in [5.41, 5.74) is 6.51. The highest BCUT2D eigenvalue weighted by Crippen LogP contribution is 2.47. The predicted molar refractivity (Wildman–Crippen MR) is 91.9 cm³/mol. The number of hydrogen-bond acceptors (Lipinski definition) is 3. The number of nitrogens with two attached hydrogens (primary N) is 1. The zero-order valence-corrected chi connectivity index (χ0v) is 14.9. The molecule has 1 aromatic carbocycles. The molecule has 1 unspecified atom stereocenters. The van der Waals surface area contributed by atoms with Gasteiger partial charge in [-0.3, -0.25) is 10.2 Å². The molecule has 122 valence electrons. The number of nitrogens with zero attached hydrogens (tertiary/aromatic N) is 1. The van der Waals surface area contributed by atoms with E-state index in [9.17, 15) is 4.79 Å². The van der Waals surface area contributed by atoms with E-state index < -0.39 is 5.54 Å². The lowest BCUT2D eigenvalue weighted by atomic mass is 9.76. The van der Waals surface area contributed by atoms with Crippen molar-refractivity contribution in [1.29, 1.82) is 0 Å². The van der Waals surface area contributed by atoms with Crippen LogP contribution in [0.4, 0.5) is 5.69 Å². The number of rotatable bonds is 2. The van der Waals surface area contributed by atoms with Crippen molar-refractivity contribution in [1.82, 2.24) is 5.43 Å². The number of hydrazine groups is 1. The molecule has 1 aliphatic heterocycles. The van der Waals surface area contributed by atoms with Crippen molar-refractivity contribution in [3.05, 3.63) is 28.8 Å². The number of aryl methyl sites for hydroxylation is 2. The fourth-order valence-corrected chi connectivity index (χ4v) is 4.02. The van der Waals surface area contributed by atoms with E-state index in [0.717, 1.165) is 12.1 Å². The van der Waals surface area contributed by atoms with Crippen LogP contribution < -0.4 is 16.2 Å². The Morgan fingerprint density at radius 2 is 1.86 bits per heavy atom. The van der Waals surface area contributed by atoms with Gasteiger partial charge in [-0.15, -0.1) is 0 Å². The van der Waals surface area contributed by atoms with Crippen LogP contribution in [0.5, 0.6) is 0 Å². The van der Waals surface area contributed by atoms with Crippen LogP contribution in [-0.2, 0) is 4.79 Å². The van der Waals surface area contributed by atoms with Gasteiger partial charge >= 0.3 is 0 Å². The Balaban J connectivity index is 2.70. The van der Waals surface area contributed by atoms with Gasteiger partial charge in [0.1, 0.15) is 5.54 Å². The zero-order chi connectivity index (χ0) is 16.9. The summed E-state index contributed by atoms with van der Waals surface area (Å²) in [6, 6.07) is 4.49. The number of benzene rings is 1. The van der Waals surface area contributed by atoms with Crippen LogP contribution in [0.1, 0.15) is 63.6 Å². The normalized spacial score (nSPS) is 20.5. The van der Waals surface area contributed by atoms with Gasteiger partial charge in [0.2, 0.25) is 0 Å². The first-order valence-corrected chi connectivity index (χ1v) is 7.95. The summed E-state index contributed by atoms with van der Waals surface area (Å²) in [6.45, 7) is 14.8. The Morgan fingerprint density at radius 1 is 1.32 bits per heavy atom. The van der Waals surface area contributed by atoms with E-state index in [1.165, 1.54) is 16.7 Å². The Kier molecular flexibility index (Phi) is 4.03. The molecule has 0 saturated carbocycles. The highest BCUT2D eigenvalue weighted by Gasteiger charge is 2.46. The Hall–Kier alpha value is -1.55. The van der Waals surface area contributed by atoms with Gasteiger partial charge in [-0.2, -0.15) is 0 Å². The van der Waals surface area contributed by atoms with Gasteiger partial charge in [0.15, 0.2) is 0 Å². The second-order valence-corrected chi connectivity index (χ2v) is 7.78. The third-order valence-corrected chi connectivity index (χ3v) is 5.07. The molecule has 0 fully saturated rings. The van der Waals surface area contributed by atoms with Crippen LogP contribution in [-0.4, -0.2) is 17.0 Å². The van der Waals surface area contributed by atoms with Crippen molar-refractivity contribution in [3.63, 3.8) is 0 Å². The van der Waals surface area contributed by atoms with Gasteiger partial charge in [0.05, 0.1) is 0 Å². The molecule has 0 aromatic heterocycles. The lowest BCUT2D eigenvalue weighted by molar-refractivity contribution is -0.126. The summed E-state index contributed by atoms with van der Waals surface area (Å²) in [5, 5.41) is 0. The van der Waals surface area contributed by atoms with Gasteiger partial charge in [0.25, 0.3) is 5.91 Å². The van der Waals surface area contributed by atoms with Crippen molar-refractivity contribution in [2.45, 2.75) is 71.9 Å². The lowest BCUT2D eigenvalue weighted by Gasteiger charge is -2.54. The van der Waals surface area contributed by atoms with Gasteiger partial charge in [0, 0.05) is 11.2 Å². The first-order valence-electron chi connectivity index (χ1n) is 7.95. The summed E-state index contributed by atoms with van der Waals surface area (Å²) >= 11 is 0. The maximum absolute atomic E-state index is 12.4. The van der Waals surface area contributed by atoms with Crippen molar-refractivity contribution in [2.24, 2.45) is 5.84 Å². The first-order chi connectivity index (χ1) is 10.0. The molecule has 0 bridgehead atoms. The van der Waals surface area contributed by atoms with Gasteiger partial charge in [-0.1, -0.05) is 13.0 Å². The molecule has 4 nitrogen and oxygen atoms in total. The Morgan fingerprint density at radius 3 is 2.41 bits per heavy atom. The van der Waals surface area contributed by atoms with E-state index in [1.54, 1.807) is 0 Å². The highest BCUT2D eigenvalue weighted by molar-refractivity contribution is 5.90. The number of nitrogens with one attached hydrogen (secondary N) is 1. The number of amides is 1. The highest BCUT2D eigenvalue weighted by atomic mass is 16.2. The van der Waals surface area contributed by atoms with Gasteiger partial charge < -0.3 is 4.90 Å². The monoisotopic (exact) mass is 303 g/mol. The maximum atomic E-state index is 12.4. The second-order valence-electron chi connectivity index (χ2n) is 7.78. The third-order valence-electron chi connectivity index (χ3n) is 5.07. The molecule has 1 amide bonds. The van der Waals surface area contributed by atoms with Crippen LogP contribution in [0.2, 0.25) is 0 Å². The molecule has 1 aromatic rings. The quantitative estimate of drug-likeness (QED) is 0.501. The van der Waals surface area contributed by atoms with Gasteiger partial charge in [-0.05, 0) is 76.6 Å². The molecule has 0 spiro atoms. The zero-order valence-electron chi connectivity index (χ0n) is 14.9. The number of carbonyl (C=O) groups is 1. The summed E-state index contributed by atoms with van der Waals surface area (Å²) in [7, 11) is 0. The van der Waals surface area contributed by atoms with E-state index in [-0.39, 0.29) is 11.4 Å². The topological polar surface area (TPSA) is 58.4 Å². The molecular weight excluding hydrogens is 274 g/mol. The molecule has 1 heterocycles. The smallest absolute Gasteiger partial charge is 0.259 e. The Labute approximate surface area is 134 Å². The Bertz CT molecular complexity index is 605. The third kappa shape index (κ3) is 2.50. The minimum atomic E-state index is -0.713. The van der Waals surface area contributed by atoms with Crippen molar-refractivity contribution < 1.29 is 4.79 Å². The molecule has 2 rings (SSSR count). The minimum absolute atomic E-state index is 0.121. The van der Waals surface area contributed by atoms with E-state index in [0.29, 0.717) is 5.92 Å². The van der Waals surface area contributed by atoms with E-state index in [2.05, 4.69) is 57.1 Å². The van der Waals surface area contributed by atoms with Crippen molar-refractivity contribution >= 4 is 11.6 Å². The molecular formula is C18H29N3O. The van der Waals surface area contributed by atoms with Crippen LogP contribution in [0.3, 0.4) is 0 Å². The largest absolute Gasteiger partial charge is 0.352 e. The fourth-order valence-electron chi connectivity index (χ4n) is 4.02. The molecule has 1 atom stereocenters. The van der Waals surface area contributed by atoms with E-state index in [1.807, 2.05) is 13.8 Å². The molecule has 0 aliphatic carbocycles. The SMILES string of the molecule is Cc1cc2c(cc1C)N(C(C)(C)C(=O)NN)C(C)(C)CC2C. The van der Waals surface area contributed by atoms with Crippen LogP contribution in [0.15, 0.2) is 12.1 Å². The molecule has 0 radical (unpaired) electrons. The van der Waals surface area contributed by atoms with Crippen LogP contribution >= 0.6 is 0 Å². The number of anilines is 1.